The van der Waals surface area contributed by atoms with E-state index in [1.807, 2.05) is 25.2 Å². The molecule has 0 saturated carbocycles. The van der Waals surface area contributed by atoms with Crippen LogP contribution in [0.15, 0.2) is 43.9 Å². The van der Waals surface area contributed by atoms with Gasteiger partial charge in [-0.25, -0.2) is 0 Å². The fraction of sp³-hybridized carbons (Fsp3) is 0.231. The van der Waals surface area contributed by atoms with Crippen molar-refractivity contribution in [2.24, 2.45) is 0 Å². The first kappa shape index (κ1) is 12.9. The summed E-state index contributed by atoms with van der Waals surface area (Å²) in [5.41, 5.74) is 2.45. The molecular weight excluding hydrogens is 346 g/mol. The monoisotopic (exact) mass is 357 g/mol. The third-order valence-corrected chi connectivity index (χ3v) is 3.63. The number of furan rings is 1. The Morgan fingerprint density at radius 3 is 2.47 bits per heavy atom. The third kappa shape index (κ3) is 2.81. The van der Waals surface area contributed by atoms with Crippen LogP contribution >= 0.6 is 31.9 Å². The second kappa shape index (κ2) is 5.38. The van der Waals surface area contributed by atoms with Crippen LogP contribution < -0.4 is 5.32 Å². The van der Waals surface area contributed by atoms with Crippen LogP contribution in [-0.2, 0) is 0 Å². The lowest BCUT2D eigenvalue weighted by Crippen LogP contribution is -2.18. The number of hydrogen-bond acceptors (Lipinski definition) is 2. The summed E-state index contributed by atoms with van der Waals surface area (Å²) in [6.45, 7) is 2.10. The molecule has 0 saturated heterocycles. The van der Waals surface area contributed by atoms with Gasteiger partial charge in [-0.1, -0.05) is 22.0 Å². The minimum absolute atomic E-state index is 0.0781. The van der Waals surface area contributed by atoms with E-state index >= 15 is 0 Å². The van der Waals surface area contributed by atoms with E-state index in [1.165, 1.54) is 11.1 Å². The Labute approximate surface area is 118 Å². The van der Waals surface area contributed by atoms with Crippen LogP contribution in [0.2, 0.25) is 0 Å². The smallest absolute Gasteiger partial charge is 0.169 e. The average Bonchev–Trinajstić information content (AvgIpc) is 2.69. The molecular formula is C13H13Br2NO. The van der Waals surface area contributed by atoms with Crippen molar-refractivity contribution in [3.05, 3.63) is 56.4 Å². The largest absolute Gasteiger partial charge is 0.452 e. The van der Waals surface area contributed by atoms with Gasteiger partial charge in [-0.2, -0.15) is 0 Å². The fourth-order valence-corrected chi connectivity index (χ4v) is 2.69. The van der Waals surface area contributed by atoms with Crippen molar-refractivity contribution in [2.75, 3.05) is 7.05 Å². The summed E-state index contributed by atoms with van der Waals surface area (Å²) in [5, 5.41) is 3.28. The van der Waals surface area contributed by atoms with Crippen LogP contribution in [0.25, 0.3) is 0 Å². The molecule has 0 aliphatic rings. The first-order valence-electron chi connectivity index (χ1n) is 5.30. The molecule has 1 heterocycles. The van der Waals surface area contributed by atoms with E-state index in [9.17, 15) is 0 Å². The first-order valence-corrected chi connectivity index (χ1v) is 6.89. The number of halogens is 2. The van der Waals surface area contributed by atoms with Gasteiger partial charge >= 0.3 is 0 Å². The SMILES string of the molecule is CNC(c1ccc(Br)o1)c1ccc(Br)cc1C. The van der Waals surface area contributed by atoms with Gasteiger partial charge in [-0.3, -0.25) is 0 Å². The summed E-state index contributed by atoms with van der Waals surface area (Å²) in [6, 6.07) is 10.2. The van der Waals surface area contributed by atoms with E-state index in [-0.39, 0.29) is 6.04 Å². The van der Waals surface area contributed by atoms with Crippen molar-refractivity contribution < 1.29 is 4.42 Å². The van der Waals surface area contributed by atoms with Gasteiger partial charge in [0.05, 0.1) is 6.04 Å². The third-order valence-electron chi connectivity index (χ3n) is 2.71. The highest BCUT2D eigenvalue weighted by atomic mass is 79.9. The van der Waals surface area contributed by atoms with Crippen LogP contribution in [0.3, 0.4) is 0 Å². The standard InChI is InChI=1S/C13H13Br2NO/c1-8-7-9(14)3-4-10(8)13(16-2)11-5-6-12(15)17-11/h3-7,13,16H,1-2H3. The summed E-state index contributed by atoms with van der Waals surface area (Å²) in [6.07, 6.45) is 0. The number of benzene rings is 1. The van der Waals surface area contributed by atoms with E-state index in [1.54, 1.807) is 0 Å². The fourth-order valence-electron chi connectivity index (χ4n) is 1.90. The number of nitrogens with one attached hydrogen (secondary N) is 1. The lowest BCUT2D eigenvalue weighted by atomic mass is 10.00. The molecule has 1 aromatic carbocycles. The minimum atomic E-state index is 0.0781. The zero-order chi connectivity index (χ0) is 12.4. The van der Waals surface area contributed by atoms with E-state index in [4.69, 9.17) is 4.42 Å². The van der Waals surface area contributed by atoms with Crippen LogP contribution in [-0.4, -0.2) is 7.05 Å². The maximum atomic E-state index is 5.62. The summed E-state index contributed by atoms with van der Waals surface area (Å²) in [5.74, 6) is 0.907. The normalized spacial score (nSPS) is 12.7. The van der Waals surface area contributed by atoms with Gasteiger partial charge in [0, 0.05) is 4.47 Å². The van der Waals surface area contributed by atoms with Crippen molar-refractivity contribution in [1.82, 2.24) is 5.32 Å². The van der Waals surface area contributed by atoms with Crippen LogP contribution in [0.5, 0.6) is 0 Å². The van der Waals surface area contributed by atoms with Crippen molar-refractivity contribution in [1.29, 1.82) is 0 Å². The predicted molar refractivity (Wildman–Crippen MR) is 76.2 cm³/mol. The number of hydrogen-bond donors (Lipinski definition) is 1. The predicted octanol–water partition coefficient (Wildman–Crippen LogP) is 4.42. The molecule has 2 rings (SSSR count). The zero-order valence-corrected chi connectivity index (χ0v) is 12.8. The lowest BCUT2D eigenvalue weighted by molar-refractivity contribution is 0.446. The van der Waals surface area contributed by atoms with Crippen LogP contribution in [0.1, 0.15) is 22.9 Å². The molecule has 0 amide bonds. The molecule has 17 heavy (non-hydrogen) atoms. The molecule has 1 unspecified atom stereocenters. The Morgan fingerprint density at radius 1 is 1.18 bits per heavy atom. The van der Waals surface area contributed by atoms with Crippen LogP contribution in [0, 0.1) is 6.92 Å². The van der Waals surface area contributed by atoms with E-state index in [0.29, 0.717) is 0 Å². The topological polar surface area (TPSA) is 25.2 Å². The molecule has 1 atom stereocenters. The summed E-state index contributed by atoms with van der Waals surface area (Å²) in [7, 11) is 1.93. The van der Waals surface area contributed by atoms with Gasteiger partial charge in [-0.05, 0) is 65.3 Å². The molecule has 0 bridgehead atoms. The summed E-state index contributed by atoms with van der Waals surface area (Å²) in [4.78, 5) is 0. The second-order valence-electron chi connectivity index (χ2n) is 3.86. The highest BCUT2D eigenvalue weighted by Crippen LogP contribution is 2.29. The van der Waals surface area contributed by atoms with E-state index in [0.717, 1.165) is 14.9 Å². The Bertz CT molecular complexity index is 522. The molecule has 2 aromatic rings. The summed E-state index contributed by atoms with van der Waals surface area (Å²) < 4.78 is 7.46. The quantitative estimate of drug-likeness (QED) is 0.878. The number of aryl methyl sites for hydroxylation is 1. The molecule has 0 aliphatic carbocycles. The Kier molecular flexibility index (Phi) is 4.07. The summed E-state index contributed by atoms with van der Waals surface area (Å²) >= 11 is 6.81. The number of rotatable bonds is 3. The molecule has 2 nitrogen and oxygen atoms in total. The van der Waals surface area contributed by atoms with Crippen molar-refractivity contribution in [3.8, 4) is 0 Å². The molecule has 4 heteroatoms. The average molecular weight is 359 g/mol. The van der Waals surface area contributed by atoms with Crippen molar-refractivity contribution in [2.45, 2.75) is 13.0 Å². The molecule has 1 N–H and O–H groups in total. The molecule has 0 fully saturated rings. The second-order valence-corrected chi connectivity index (χ2v) is 5.56. The van der Waals surface area contributed by atoms with Gasteiger partial charge in [-0.15, -0.1) is 0 Å². The molecule has 1 aromatic heterocycles. The first-order chi connectivity index (χ1) is 8.11. The lowest BCUT2D eigenvalue weighted by Gasteiger charge is -2.16. The highest BCUT2D eigenvalue weighted by Gasteiger charge is 2.17. The highest BCUT2D eigenvalue weighted by molar-refractivity contribution is 9.10. The van der Waals surface area contributed by atoms with Gasteiger partial charge < -0.3 is 9.73 Å². The van der Waals surface area contributed by atoms with Gasteiger partial charge in [0.25, 0.3) is 0 Å². The maximum Gasteiger partial charge on any atom is 0.169 e. The van der Waals surface area contributed by atoms with E-state index < -0.39 is 0 Å². The van der Waals surface area contributed by atoms with Gasteiger partial charge in [0.1, 0.15) is 5.76 Å². The van der Waals surface area contributed by atoms with Crippen molar-refractivity contribution >= 4 is 31.9 Å². The molecule has 0 radical (unpaired) electrons. The van der Waals surface area contributed by atoms with Gasteiger partial charge in [0.15, 0.2) is 4.67 Å². The minimum Gasteiger partial charge on any atom is -0.452 e. The molecule has 0 spiro atoms. The van der Waals surface area contributed by atoms with Crippen LogP contribution in [0.4, 0.5) is 0 Å². The van der Waals surface area contributed by atoms with E-state index in [2.05, 4.69) is 56.2 Å². The van der Waals surface area contributed by atoms with Crippen molar-refractivity contribution in [3.63, 3.8) is 0 Å². The maximum absolute atomic E-state index is 5.62. The molecule has 90 valence electrons. The zero-order valence-electron chi connectivity index (χ0n) is 9.63. The Morgan fingerprint density at radius 2 is 1.94 bits per heavy atom. The van der Waals surface area contributed by atoms with Gasteiger partial charge in [0.2, 0.25) is 0 Å². The Balaban J connectivity index is 2.42. The Hall–Kier alpha value is -0.580. The molecule has 0 aliphatic heterocycles.